The molecule has 0 saturated heterocycles. The Bertz CT molecular complexity index is 472. The van der Waals surface area contributed by atoms with E-state index in [-0.39, 0.29) is 11.7 Å². The average molecular weight is 249 g/mol. The van der Waals surface area contributed by atoms with Crippen LogP contribution in [0.4, 0.5) is 0 Å². The molecule has 2 rings (SSSR count). The van der Waals surface area contributed by atoms with Gasteiger partial charge in [-0.25, -0.2) is 4.98 Å². The van der Waals surface area contributed by atoms with Crippen molar-refractivity contribution in [2.24, 2.45) is 0 Å². The third kappa shape index (κ3) is 3.24. The van der Waals surface area contributed by atoms with Crippen LogP contribution in [0.15, 0.2) is 18.6 Å². The molecule has 0 aromatic carbocycles. The van der Waals surface area contributed by atoms with Gasteiger partial charge in [-0.15, -0.1) is 0 Å². The number of aromatic nitrogens is 2. The molecule has 1 aliphatic carbocycles. The molecule has 1 aromatic rings. The number of carbonyl (C=O) groups is 3. The summed E-state index contributed by atoms with van der Waals surface area (Å²) in [7, 11) is 0. The van der Waals surface area contributed by atoms with Crippen LogP contribution in [0, 0.1) is 0 Å². The van der Waals surface area contributed by atoms with Gasteiger partial charge >= 0.3 is 11.8 Å². The van der Waals surface area contributed by atoms with Crippen LogP contribution < -0.4 is 16.2 Å². The first-order valence-electron chi connectivity index (χ1n) is 5.34. The normalized spacial score (nSPS) is 13.6. The molecule has 94 valence electrons. The smallest absolute Gasteiger partial charge is 0.327 e. The highest BCUT2D eigenvalue weighted by atomic mass is 16.2. The average Bonchev–Trinajstić information content (AvgIpc) is 3.20. The third-order valence-electron chi connectivity index (χ3n) is 2.20. The molecule has 8 heteroatoms. The predicted octanol–water partition coefficient (Wildman–Crippen LogP) is -1.48. The molecule has 0 bridgehead atoms. The molecule has 0 unspecified atom stereocenters. The lowest BCUT2D eigenvalue weighted by molar-refractivity contribution is -0.139. The maximum absolute atomic E-state index is 11.4. The molecule has 1 heterocycles. The number of nitrogens with one attached hydrogen (secondary N) is 3. The summed E-state index contributed by atoms with van der Waals surface area (Å²) in [6.07, 6.45) is 5.76. The van der Waals surface area contributed by atoms with Crippen molar-refractivity contribution in [2.75, 3.05) is 0 Å². The van der Waals surface area contributed by atoms with Gasteiger partial charge in [0.2, 0.25) is 0 Å². The fourth-order valence-electron chi connectivity index (χ4n) is 1.13. The molecule has 0 aliphatic heterocycles. The molecule has 1 aromatic heterocycles. The maximum atomic E-state index is 11.4. The van der Waals surface area contributed by atoms with Crippen molar-refractivity contribution in [3.63, 3.8) is 0 Å². The molecule has 1 saturated carbocycles. The highest BCUT2D eigenvalue weighted by molar-refractivity contribution is 6.35. The Hall–Kier alpha value is -2.51. The van der Waals surface area contributed by atoms with Crippen LogP contribution in [-0.2, 0) is 9.59 Å². The molecule has 0 spiro atoms. The highest BCUT2D eigenvalue weighted by Crippen LogP contribution is 2.18. The van der Waals surface area contributed by atoms with E-state index in [2.05, 4.69) is 20.7 Å². The number of hydrogen-bond donors (Lipinski definition) is 3. The summed E-state index contributed by atoms with van der Waals surface area (Å²) < 4.78 is 0. The van der Waals surface area contributed by atoms with E-state index < -0.39 is 17.7 Å². The summed E-state index contributed by atoms with van der Waals surface area (Å²) in [5.74, 6) is -2.33. The first-order chi connectivity index (χ1) is 8.66. The molecule has 18 heavy (non-hydrogen) atoms. The van der Waals surface area contributed by atoms with E-state index in [1.165, 1.54) is 18.6 Å². The number of nitrogens with zero attached hydrogens (tertiary/aromatic N) is 2. The van der Waals surface area contributed by atoms with Crippen LogP contribution in [0.25, 0.3) is 0 Å². The van der Waals surface area contributed by atoms with Crippen molar-refractivity contribution in [1.82, 2.24) is 26.1 Å². The third-order valence-corrected chi connectivity index (χ3v) is 2.20. The van der Waals surface area contributed by atoms with Gasteiger partial charge in [0.1, 0.15) is 5.69 Å². The minimum atomic E-state index is -0.917. The second-order valence-electron chi connectivity index (χ2n) is 3.75. The van der Waals surface area contributed by atoms with E-state index in [1.54, 1.807) is 0 Å². The summed E-state index contributed by atoms with van der Waals surface area (Å²) in [5.41, 5.74) is 4.11. The van der Waals surface area contributed by atoms with Gasteiger partial charge in [-0.05, 0) is 12.8 Å². The molecule has 0 radical (unpaired) electrons. The first-order valence-corrected chi connectivity index (χ1v) is 5.34. The monoisotopic (exact) mass is 249 g/mol. The number of hydrogen-bond acceptors (Lipinski definition) is 5. The zero-order chi connectivity index (χ0) is 13.0. The van der Waals surface area contributed by atoms with Crippen LogP contribution in [0.3, 0.4) is 0 Å². The van der Waals surface area contributed by atoms with Crippen LogP contribution in [0.2, 0.25) is 0 Å². The molecule has 8 nitrogen and oxygen atoms in total. The lowest BCUT2D eigenvalue weighted by Crippen LogP contribution is -2.49. The summed E-state index contributed by atoms with van der Waals surface area (Å²) in [5, 5.41) is 2.49. The second kappa shape index (κ2) is 5.21. The lowest BCUT2D eigenvalue weighted by atomic mass is 10.4. The molecule has 1 fully saturated rings. The summed E-state index contributed by atoms with van der Waals surface area (Å²) >= 11 is 0. The van der Waals surface area contributed by atoms with Gasteiger partial charge in [-0.3, -0.25) is 30.2 Å². The summed E-state index contributed by atoms with van der Waals surface area (Å²) in [4.78, 5) is 41.4. The van der Waals surface area contributed by atoms with Crippen molar-refractivity contribution < 1.29 is 14.4 Å². The van der Waals surface area contributed by atoms with Gasteiger partial charge < -0.3 is 5.32 Å². The van der Waals surface area contributed by atoms with Crippen molar-refractivity contribution in [2.45, 2.75) is 18.9 Å². The second-order valence-corrected chi connectivity index (χ2v) is 3.75. The van der Waals surface area contributed by atoms with Crippen LogP contribution in [-0.4, -0.2) is 33.7 Å². The molecular weight excluding hydrogens is 238 g/mol. The number of rotatable bonds is 2. The quantitative estimate of drug-likeness (QED) is 0.437. The Balaban J connectivity index is 1.78. The van der Waals surface area contributed by atoms with Crippen molar-refractivity contribution >= 4 is 17.7 Å². The topological polar surface area (TPSA) is 113 Å². The number of hydrazine groups is 1. The lowest BCUT2D eigenvalue weighted by Gasteiger charge is -2.06. The van der Waals surface area contributed by atoms with E-state index in [4.69, 9.17) is 0 Å². The fraction of sp³-hybridized carbons (Fsp3) is 0.300. The van der Waals surface area contributed by atoms with E-state index in [1.807, 2.05) is 5.43 Å². The van der Waals surface area contributed by atoms with E-state index >= 15 is 0 Å². The Labute approximate surface area is 102 Å². The zero-order valence-electron chi connectivity index (χ0n) is 9.34. The van der Waals surface area contributed by atoms with E-state index in [0.717, 1.165) is 12.8 Å². The number of carbonyl (C=O) groups excluding carboxylic acids is 3. The Morgan fingerprint density at radius 3 is 2.50 bits per heavy atom. The fourth-order valence-corrected chi connectivity index (χ4v) is 1.13. The summed E-state index contributed by atoms with van der Waals surface area (Å²) in [6.45, 7) is 0. The van der Waals surface area contributed by atoms with Gasteiger partial charge in [-0.1, -0.05) is 0 Å². The molecular formula is C10H11N5O3. The minimum absolute atomic E-state index is 0.0420. The molecule has 0 atom stereocenters. The van der Waals surface area contributed by atoms with Crippen molar-refractivity contribution in [3.8, 4) is 0 Å². The Kier molecular flexibility index (Phi) is 3.46. The Morgan fingerprint density at radius 1 is 1.11 bits per heavy atom. The predicted molar refractivity (Wildman–Crippen MR) is 58.8 cm³/mol. The standard InChI is InChI=1S/C10H11N5O3/c16-8(7-5-11-3-4-12-7)14-15-10(18)9(17)13-6-1-2-6/h3-6H,1-2H2,(H,13,17)(H,14,16)(H,15,18). The van der Waals surface area contributed by atoms with Crippen LogP contribution >= 0.6 is 0 Å². The molecule has 1 aliphatic rings. The minimum Gasteiger partial charge on any atom is -0.345 e. The number of amides is 3. The molecule has 3 amide bonds. The first kappa shape index (κ1) is 12.0. The van der Waals surface area contributed by atoms with Gasteiger partial charge in [0.15, 0.2) is 0 Å². The summed E-state index contributed by atoms with van der Waals surface area (Å²) in [6, 6.07) is 0.0824. The molecule has 3 N–H and O–H groups in total. The van der Waals surface area contributed by atoms with Crippen LogP contribution in [0.5, 0.6) is 0 Å². The van der Waals surface area contributed by atoms with Gasteiger partial charge in [0.05, 0.1) is 6.20 Å². The van der Waals surface area contributed by atoms with Crippen molar-refractivity contribution in [3.05, 3.63) is 24.3 Å². The van der Waals surface area contributed by atoms with Gasteiger partial charge in [-0.2, -0.15) is 0 Å². The van der Waals surface area contributed by atoms with Gasteiger partial charge in [0.25, 0.3) is 5.91 Å². The van der Waals surface area contributed by atoms with E-state index in [9.17, 15) is 14.4 Å². The van der Waals surface area contributed by atoms with Gasteiger partial charge in [0, 0.05) is 18.4 Å². The largest absolute Gasteiger partial charge is 0.345 e. The van der Waals surface area contributed by atoms with Crippen molar-refractivity contribution in [1.29, 1.82) is 0 Å². The Morgan fingerprint density at radius 2 is 1.89 bits per heavy atom. The highest BCUT2D eigenvalue weighted by Gasteiger charge is 2.26. The zero-order valence-corrected chi connectivity index (χ0v) is 9.34. The van der Waals surface area contributed by atoms with E-state index in [0.29, 0.717) is 0 Å². The van der Waals surface area contributed by atoms with Crippen LogP contribution in [0.1, 0.15) is 23.3 Å². The maximum Gasteiger partial charge on any atom is 0.327 e. The SMILES string of the molecule is O=C(NNC(=O)c1cnccn1)C(=O)NC1CC1.